The van der Waals surface area contributed by atoms with E-state index in [1.54, 1.807) is 45.0 Å². The topological polar surface area (TPSA) is 108 Å². The molecule has 31 heavy (non-hydrogen) atoms. The van der Waals surface area contributed by atoms with Crippen LogP contribution in [0.5, 0.6) is 0 Å². The van der Waals surface area contributed by atoms with Gasteiger partial charge in [-0.2, -0.15) is 5.26 Å². The van der Waals surface area contributed by atoms with Gasteiger partial charge in [0, 0.05) is 12.6 Å². The van der Waals surface area contributed by atoms with Crippen molar-refractivity contribution in [1.29, 1.82) is 5.26 Å². The summed E-state index contributed by atoms with van der Waals surface area (Å²) in [6.45, 7) is 6.83. The van der Waals surface area contributed by atoms with Gasteiger partial charge in [-0.05, 0) is 58.1 Å². The molecule has 0 unspecified atom stereocenters. The summed E-state index contributed by atoms with van der Waals surface area (Å²) in [6.07, 6.45) is 3.09. The molecule has 0 spiro atoms. The Labute approximate surface area is 183 Å². The maximum Gasteiger partial charge on any atom is 0.411 e. The smallest absolute Gasteiger partial charge is 0.411 e. The molecule has 1 aromatic carbocycles. The van der Waals surface area contributed by atoms with Crippen molar-refractivity contribution < 1.29 is 22.7 Å². The first kappa shape index (κ1) is 23.1. The Bertz CT molecular complexity index is 1000. The normalized spacial score (nSPS) is 21.5. The number of likely N-dealkylation sites (tertiary alicyclic amines) is 1. The molecular formula is C22H29N3O5S. The van der Waals surface area contributed by atoms with E-state index >= 15 is 0 Å². The lowest BCUT2D eigenvalue weighted by Crippen LogP contribution is -2.48. The second-order valence-corrected chi connectivity index (χ2v) is 11.2. The molecule has 2 fully saturated rings. The number of benzene rings is 1. The van der Waals surface area contributed by atoms with E-state index < -0.39 is 38.7 Å². The van der Waals surface area contributed by atoms with E-state index in [0.29, 0.717) is 12.0 Å². The van der Waals surface area contributed by atoms with Crippen molar-refractivity contribution in [2.75, 3.05) is 6.54 Å². The molecule has 2 atom stereocenters. The highest BCUT2D eigenvalue weighted by Gasteiger charge is 2.49. The van der Waals surface area contributed by atoms with Gasteiger partial charge in [0.15, 0.2) is 16.0 Å². The fourth-order valence-electron chi connectivity index (χ4n) is 3.84. The van der Waals surface area contributed by atoms with Gasteiger partial charge in [-0.1, -0.05) is 25.1 Å². The van der Waals surface area contributed by atoms with Gasteiger partial charge >= 0.3 is 6.09 Å². The van der Waals surface area contributed by atoms with Crippen LogP contribution < -0.4 is 0 Å². The van der Waals surface area contributed by atoms with Crippen molar-refractivity contribution >= 4 is 21.8 Å². The van der Waals surface area contributed by atoms with Gasteiger partial charge in [0.25, 0.3) is 5.91 Å². The van der Waals surface area contributed by atoms with Crippen molar-refractivity contribution in [2.45, 2.75) is 81.2 Å². The summed E-state index contributed by atoms with van der Waals surface area (Å²) >= 11 is 0. The molecule has 0 radical (unpaired) electrons. The van der Waals surface area contributed by atoms with Gasteiger partial charge in [0.05, 0.1) is 10.1 Å². The van der Waals surface area contributed by atoms with Crippen LogP contribution in [0.15, 0.2) is 29.2 Å². The molecule has 1 saturated heterocycles. The number of aryl methyl sites for hydroxylation is 1. The fourth-order valence-corrected chi connectivity index (χ4v) is 5.83. The summed E-state index contributed by atoms with van der Waals surface area (Å²) < 4.78 is 32.3. The highest BCUT2D eigenvalue weighted by Crippen LogP contribution is 2.34. The van der Waals surface area contributed by atoms with Crippen molar-refractivity contribution in [1.82, 2.24) is 9.80 Å². The summed E-state index contributed by atoms with van der Waals surface area (Å²) in [7, 11) is -3.80. The highest BCUT2D eigenvalue weighted by atomic mass is 32.2. The predicted molar refractivity (Wildman–Crippen MR) is 114 cm³/mol. The average Bonchev–Trinajstić information content (AvgIpc) is 3.42. The van der Waals surface area contributed by atoms with Crippen LogP contribution in [0.3, 0.4) is 0 Å². The van der Waals surface area contributed by atoms with Gasteiger partial charge < -0.3 is 4.74 Å². The van der Waals surface area contributed by atoms with Crippen LogP contribution in [0.25, 0.3) is 0 Å². The van der Waals surface area contributed by atoms with Crippen LogP contribution in [0, 0.1) is 11.5 Å². The van der Waals surface area contributed by atoms with Crippen LogP contribution in [-0.4, -0.2) is 59.7 Å². The number of hydrogen-bond donors (Lipinski definition) is 0. The second-order valence-electron chi connectivity index (χ2n) is 9.05. The van der Waals surface area contributed by atoms with E-state index in [1.807, 2.05) is 13.1 Å². The molecule has 168 valence electrons. The molecule has 0 aromatic heterocycles. The van der Waals surface area contributed by atoms with Gasteiger partial charge in [-0.15, -0.1) is 0 Å². The Morgan fingerprint density at radius 3 is 2.45 bits per heavy atom. The van der Waals surface area contributed by atoms with E-state index in [0.717, 1.165) is 17.7 Å². The lowest BCUT2D eigenvalue weighted by molar-refractivity contribution is -0.133. The minimum absolute atomic E-state index is 0.0661. The molecule has 8 nitrogen and oxygen atoms in total. The zero-order valence-electron chi connectivity index (χ0n) is 18.4. The largest absolute Gasteiger partial charge is 0.444 e. The van der Waals surface area contributed by atoms with Crippen LogP contribution in [0.1, 0.15) is 52.5 Å². The minimum Gasteiger partial charge on any atom is -0.444 e. The number of carbonyl (C=O) groups excluding carboxylic acids is 2. The molecule has 1 aliphatic carbocycles. The summed E-state index contributed by atoms with van der Waals surface area (Å²) in [4.78, 5) is 28.5. The van der Waals surface area contributed by atoms with Crippen LogP contribution >= 0.6 is 0 Å². The van der Waals surface area contributed by atoms with Gasteiger partial charge in [-0.3, -0.25) is 9.69 Å². The predicted octanol–water partition coefficient (Wildman–Crippen LogP) is 2.87. The maximum atomic E-state index is 13.5. The summed E-state index contributed by atoms with van der Waals surface area (Å²) in [5.74, 6) is -0.544. The lowest BCUT2D eigenvalue weighted by atomic mass is 10.2. The SMILES string of the molecule is CCc1ccccc1S(=O)(=O)[C@@H]1C[C@@H](C(=O)N(C#N)C2CC2)N(C(=O)OC(C)(C)C)C1. The summed E-state index contributed by atoms with van der Waals surface area (Å²) in [5, 5.41) is 8.50. The van der Waals surface area contributed by atoms with Crippen molar-refractivity contribution in [3.63, 3.8) is 0 Å². The van der Waals surface area contributed by atoms with Gasteiger partial charge in [0.1, 0.15) is 11.6 Å². The minimum atomic E-state index is -3.80. The Hall–Kier alpha value is -2.60. The van der Waals surface area contributed by atoms with Crippen molar-refractivity contribution in [3.8, 4) is 6.19 Å². The second kappa shape index (κ2) is 8.50. The van der Waals surface area contributed by atoms with E-state index in [9.17, 15) is 23.3 Å². The van der Waals surface area contributed by atoms with Crippen LogP contribution in [0.4, 0.5) is 4.79 Å². The van der Waals surface area contributed by atoms with Gasteiger partial charge in [-0.25, -0.2) is 18.1 Å². The average molecular weight is 448 g/mol. The summed E-state index contributed by atoms with van der Waals surface area (Å²) in [5.41, 5.74) is -0.111. The molecule has 2 amide bonds. The number of carbonyl (C=O) groups is 2. The van der Waals surface area contributed by atoms with Crippen molar-refractivity contribution in [2.24, 2.45) is 0 Å². The summed E-state index contributed by atoms with van der Waals surface area (Å²) in [6, 6.07) is 5.55. The zero-order valence-corrected chi connectivity index (χ0v) is 19.2. The first-order valence-corrected chi connectivity index (χ1v) is 12.1. The number of rotatable bonds is 5. The number of sulfone groups is 1. The molecule has 1 saturated carbocycles. The van der Waals surface area contributed by atoms with Gasteiger partial charge in [0.2, 0.25) is 0 Å². The third-order valence-electron chi connectivity index (χ3n) is 5.53. The number of amides is 2. The molecule has 2 aliphatic rings. The Morgan fingerprint density at radius 2 is 1.90 bits per heavy atom. The molecule has 0 bridgehead atoms. The lowest BCUT2D eigenvalue weighted by Gasteiger charge is -2.29. The Balaban J connectivity index is 1.94. The number of hydrogen-bond acceptors (Lipinski definition) is 6. The van der Waals surface area contributed by atoms with E-state index in [4.69, 9.17) is 4.74 Å². The Morgan fingerprint density at radius 1 is 1.26 bits per heavy atom. The standard InChI is InChI=1S/C22H29N3O5S/c1-5-15-8-6-7-9-19(15)31(28,29)17-12-18(20(26)25(14-23)16-10-11-16)24(13-17)21(27)30-22(2,3)4/h6-9,16-18H,5,10-13H2,1-4H3/t17-,18+/m1/s1. The molecule has 3 rings (SSSR count). The maximum absolute atomic E-state index is 13.5. The number of nitriles is 1. The third-order valence-corrected chi connectivity index (χ3v) is 7.76. The third kappa shape index (κ3) is 4.85. The molecule has 1 aliphatic heterocycles. The first-order chi connectivity index (χ1) is 14.5. The van der Waals surface area contributed by atoms with Crippen LogP contribution in [0.2, 0.25) is 0 Å². The highest BCUT2D eigenvalue weighted by molar-refractivity contribution is 7.92. The first-order valence-electron chi connectivity index (χ1n) is 10.5. The zero-order chi connectivity index (χ0) is 23.0. The molecule has 0 N–H and O–H groups in total. The molecular weight excluding hydrogens is 418 g/mol. The molecule has 1 aromatic rings. The van der Waals surface area contributed by atoms with E-state index in [1.165, 1.54) is 4.90 Å². The number of ether oxygens (including phenoxy) is 1. The quantitative estimate of drug-likeness (QED) is 0.507. The monoisotopic (exact) mass is 447 g/mol. The molecule has 9 heteroatoms. The fraction of sp³-hybridized carbons (Fsp3) is 0.591. The van der Waals surface area contributed by atoms with E-state index in [-0.39, 0.29) is 23.9 Å². The number of nitrogens with zero attached hydrogens (tertiary/aromatic N) is 3. The molecule has 1 heterocycles. The van der Waals surface area contributed by atoms with Crippen LogP contribution in [-0.2, 0) is 25.8 Å². The van der Waals surface area contributed by atoms with E-state index in [2.05, 4.69) is 0 Å². The van der Waals surface area contributed by atoms with Crippen molar-refractivity contribution in [3.05, 3.63) is 29.8 Å². The Kier molecular flexibility index (Phi) is 6.33.